The van der Waals surface area contributed by atoms with Gasteiger partial charge in [0.1, 0.15) is 0 Å². The second-order valence-corrected chi connectivity index (χ2v) is 8.57. The summed E-state index contributed by atoms with van der Waals surface area (Å²) >= 11 is 4.29. The van der Waals surface area contributed by atoms with Crippen molar-refractivity contribution in [3.05, 3.63) is 46.2 Å². The predicted molar refractivity (Wildman–Crippen MR) is 108 cm³/mol. The van der Waals surface area contributed by atoms with Crippen LogP contribution in [0.3, 0.4) is 0 Å². The normalized spacial score (nSPS) is 11.1. The number of carbonyl (C=O) groups is 1. The predicted octanol–water partition coefficient (Wildman–Crippen LogP) is 3.96. The molecule has 0 unspecified atom stereocenters. The van der Waals surface area contributed by atoms with Crippen LogP contribution in [-0.4, -0.2) is 31.8 Å². The number of hydrogen-bond acceptors (Lipinski definition) is 9. The first-order chi connectivity index (χ1) is 13.2. The van der Waals surface area contributed by atoms with Crippen molar-refractivity contribution in [2.75, 3.05) is 11.1 Å². The Balaban J connectivity index is 1.27. The highest BCUT2D eigenvalue weighted by Crippen LogP contribution is 2.23. The van der Waals surface area contributed by atoms with E-state index in [1.54, 1.807) is 11.3 Å². The Kier molecular flexibility index (Phi) is 5.46. The molecule has 0 spiro atoms. The molecule has 0 bridgehead atoms. The van der Waals surface area contributed by atoms with Crippen LogP contribution in [0.25, 0.3) is 10.2 Å². The molecule has 0 saturated carbocycles. The van der Waals surface area contributed by atoms with Gasteiger partial charge in [0.05, 0.1) is 26.7 Å². The molecule has 0 aliphatic carbocycles. The summed E-state index contributed by atoms with van der Waals surface area (Å²) in [5.41, 5.74) is 1.90. The van der Waals surface area contributed by atoms with Crippen molar-refractivity contribution >= 4 is 55.7 Å². The van der Waals surface area contributed by atoms with E-state index in [1.807, 2.05) is 30.5 Å². The van der Waals surface area contributed by atoms with Gasteiger partial charge in [0.15, 0.2) is 5.13 Å². The third-order valence-corrected chi connectivity index (χ3v) is 6.32. The monoisotopic (exact) mass is 417 g/mol. The van der Waals surface area contributed by atoms with Gasteiger partial charge in [-0.3, -0.25) is 4.79 Å². The third kappa shape index (κ3) is 4.71. The maximum atomic E-state index is 11.9. The molecule has 0 atom stereocenters. The molecule has 1 N–H and O–H groups in total. The van der Waals surface area contributed by atoms with Gasteiger partial charge in [-0.15, -0.1) is 32.9 Å². The number of nitrogens with one attached hydrogen (secondary N) is 1. The van der Waals surface area contributed by atoms with Crippen LogP contribution >= 0.6 is 34.4 Å². The molecule has 1 aromatic carbocycles. The number of thiazole rings is 2. The molecule has 1 amide bonds. The van der Waals surface area contributed by atoms with Crippen molar-refractivity contribution in [2.45, 2.75) is 25.0 Å². The number of aromatic nitrogens is 4. The van der Waals surface area contributed by atoms with Gasteiger partial charge in [0.25, 0.3) is 5.22 Å². The number of thioether (sulfide) groups is 1. The van der Waals surface area contributed by atoms with E-state index in [9.17, 15) is 4.79 Å². The number of anilines is 1. The first kappa shape index (κ1) is 18.1. The fourth-order valence-corrected chi connectivity index (χ4v) is 4.58. The fourth-order valence-electron chi connectivity index (χ4n) is 2.33. The van der Waals surface area contributed by atoms with E-state index in [-0.39, 0.29) is 11.7 Å². The van der Waals surface area contributed by atoms with Crippen LogP contribution in [-0.2, 0) is 17.6 Å². The highest BCUT2D eigenvalue weighted by atomic mass is 32.2. The van der Waals surface area contributed by atoms with E-state index in [4.69, 9.17) is 4.42 Å². The lowest BCUT2D eigenvalue weighted by molar-refractivity contribution is -0.113. The van der Waals surface area contributed by atoms with Crippen LogP contribution < -0.4 is 5.32 Å². The molecule has 27 heavy (non-hydrogen) atoms. The number of amides is 1. The topological polar surface area (TPSA) is 93.8 Å². The Labute approximate surface area is 167 Å². The molecular formula is C17H15N5O2S3. The van der Waals surface area contributed by atoms with Gasteiger partial charge in [0, 0.05) is 18.2 Å². The summed E-state index contributed by atoms with van der Waals surface area (Å²) in [7, 11) is 0. The molecule has 138 valence electrons. The summed E-state index contributed by atoms with van der Waals surface area (Å²) in [6.45, 7) is 1.88. The molecular weight excluding hydrogens is 402 g/mol. The van der Waals surface area contributed by atoms with E-state index in [0.717, 1.165) is 22.6 Å². The second-order valence-electron chi connectivity index (χ2n) is 5.67. The molecule has 7 nitrogen and oxygen atoms in total. The van der Waals surface area contributed by atoms with Gasteiger partial charge < -0.3 is 9.73 Å². The average Bonchev–Trinajstić information content (AvgIpc) is 3.37. The van der Waals surface area contributed by atoms with Crippen LogP contribution in [0, 0.1) is 6.92 Å². The van der Waals surface area contributed by atoms with Crippen LogP contribution in [0.2, 0.25) is 0 Å². The number of carbonyl (C=O) groups excluding carboxylic acids is 1. The quantitative estimate of drug-likeness (QED) is 0.455. The average molecular weight is 418 g/mol. The summed E-state index contributed by atoms with van der Waals surface area (Å²) in [6.07, 6.45) is 1.37. The van der Waals surface area contributed by atoms with Crippen LogP contribution in [0.4, 0.5) is 5.13 Å². The lowest BCUT2D eigenvalue weighted by Crippen LogP contribution is -2.13. The SMILES string of the molecule is Cc1csc(NC(=O)CSc2nnc(CCc3nc4ccccc4s3)o2)n1. The molecule has 0 fully saturated rings. The van der Waals surface area contributed by atoms with Crippen LogP contribution in [0.1, 0.15) is 16.6 Å². The molecule has 3 aromatic heterocycles. The van der Waals surface area contributed by atoms with E-state index in [1.165, 1.54) is 27.8 Å². The van der Waals surface area contributed by atoms with Gasteiger partial charge in [-0.05, 0) is 19.1 Å². The van der Waals surface area contributed by atoms with E-state index in [2.05, 4.69) is 31.5 Å². The number of hydrogen-bond donors (Lipinski definition) is 1. The molecule has 0 saturated heterocycles. The highest BCUT2D eigenvalue weighted by molar-refractivity contribution is 7.99. The number of para-hydroxylation sites is 1. The molecule has 0 aliphatic heterocycles. The minimum Gasteiger partial charge on any atom is -0.416 e. The van der Waals surface area contributed by atoms with Crippen LogP contribution in [0.15, 0.2) is 39.3 Å². The highest BCUT2D eigenvalue weighted by Gasteiger charge is 2.12. The Morgan fingerprint density at radius 3 is 2.93 bits per heavy atom. The zero-order chi connectivity index (χ0) is 18.6. The molecule has 3 heterocycles. The van der Waals surface area contributed by atoms with Crippen molar-refractivity contribution < 1.29 is 9.21 Å². The van der Waals surface area contributed by atoms with E-state index in [0.29, 0.717) is 22.7 Å². The van der Waals surface area contributed by atoms with E-state index >= 15 is 0 Å². The van der Waals surface area contributed by atoms with Gasteiger partial charge >= 0.3 is 0 Å². The number of nitrogens with zero attached hydrogens (tertiary/aromatic N) is 4. The molecule has 10 heteroatoms. The Morgan fingerprint density at radius 2 is 2.11 bits per heavy atom. The van der Waals surface area contributed by atoms with Gasteiger partial charge in [-0.2, -0.15) is 0 Å². The Hall–Kier alpha value is -2.30. The number of benzene rings is 1. The zero-order valence-electron chi connectivity index (χ0n) is 14.3. The van der Waals surface area contributed by atoms with Crippen LogP contribution in [0.5, 0.6) is 0 Å². The minimum atomic E-state index is -0.149. The zero-order valence-corrected chi connectivity index (χ0v) is 16.8. The number of rotatable bonds is 7. The van der Waals surface area contributed by atoms with Crippen molar-refractivity contribution in [3.63, 3.8) is 0 Å². The van der Waals surface area contributed by atoms with Gasteiger partial charge in [-0.1, -0.05) is 23.9 Å². The summed E-state index contributed by atoms with van der Waals surface area (Å²) in [5.74, 6) is 0.592. The molecule has 0 radical (unpaired) electrons. The largest absolute Gasteiger partial charge is 0.416 e. The maximum absolute atomic E-state index is 11.9. The van der Waals surface area contributed by atoms with Crippen molar-refractivity contribution in [2.24, 2.45) is 0 Å². The molecule has 4 aromatic rings. The fraction of sp³-hybridized carbons (Fsp3) is 0.235. The first-order valence-electron chi connectivity index (χ1n) is 8.17. The first-order valence-corrected chi connectivity index (χ1v) is 10.9. The maximum Gasteiger partial charge on any atom is 0.277 e. The van der Waals surface area contributed by atoms with Crippen molar-refractivity contribution in [3.8, 4) is 0 Å². The lowest BCUT2D eigenvalue weighted by atomic mass is 10.3. The minimum absolute atomic E-state index is 0.149. The second kappa shape index (κ2) is 8.15. The lowest BCUT2D eigenvalue weighted by Gasteiger charge is -1.98. The molecule has 4 rings (SSSR count). The molecule has 0 aliphatic rings. The summed E-state index contributed by atoms with van der Waals surface area (Å²) in [5, 5.41) is 14.7. The van der Waals surface area contributed by atoms with Gasteiger partial charge in [0.2, 0.25) is 11.8 Å². The summed E-state index contributed by atoms with van der Waals surface area (Å²) in [6, 6.07) is 8.07. The summed E-state index contributed by atoms with van der Waals surface area (Å²) in [4.78, 5) is 20.7. The smallest absolute Gasteiger partial charge is 0.277 e. The Bertz CT molecular complexity index is 1040. The third-order valence-electron chi connectivity index (χ3n) is 3.53. The van der Waals surface area contributed by atoms with Crippen molar-refractivity contribution in [1.29, 1.82) is 0 Å². The number of fused-ring (bicyclic) bond motifs is 1. The standard InChI is InChI=1S/C17H15N5O2S3/c1-10-8-25-16(18-10)20-13(23)9-26-17-22-21-14(24-17)6-7-15-19-11-4-2-3-5-12(11)27-15/h2-5,8H,6-7,9H2,1H3,(H,18,20,23). The number of aryl methyl sites for hydroxylation is 3. The van der Waals surface area contributed by atoms with Crippen molar-refractivity contribution in [1.82, 2.24) is 20.2 Å². The van der Waals surface area contributed by atoms with E-state index < -0.39 is 0 Å². The summed E-state index contributed by atoms with van der Waals surface area (Å²) < 4.78 is 6.79. The van der Waals surface area contributed by atoms with Gasteiger partial charge in [-0.25, -0.2) is 9.97 Å². The Morgan fingerprint density at radius 1 is 1.22 bits per heavy atom.